The lowest BCUT2D eigenvalue weighted by molar-refractivity contribution is 0.759. The molecule has 2 aromatic rings. The highest BCUT2D eigenvalue weighted by Crippen LogP contribution is 2.26. The Morgan fingerprint density at radius 2 is 2.12 bits per heavy atom. The number of aromatic amines is 1. The van der Waals surface area contributed by atoms with Crippen LogP contribution in [-0.2, 0) is 7.05 Å². The summed E-state index contributed by atoms with van der Waals surface area (Å²) in [6, 6.07) is 0. The van der Waals surface area contributed by atoms with Gasteiger partial charge < -0.3 is 10.7 Å². The zero-order valence-electron chi connectivity index (χ0n) is 10.1. The first kappa shape index (κ1) is 10.7. The maximum absolute atomic E-state index is 5.98. The SMILES string of the molecule is Cc1nn(C)c(-c2ncc(C(C)C)[nH]2)c1N. The number of aromatic nitrogens is 4. The van der Waals surface area contributed by atoms with Crippen LogP contribution in [0.1, 0.15) is 31.2 Å². The van der Waals surface area contributed by atoms with Gasteiger partial charge in [0.15, 0.2) is 5.82 Å². The number of H-pyrrole nitrogens is 1. The van der Waals surface area contributed by atoms with Crippen LogP contribution in [-0.4, -0.2) is 19.7 Å². The van der Waals surface area contributed by atoms with Gasteiger partial charge >= 0.3 is 0 Å². The minimum Gasteiger partial charge on any atom is -0.395 e. The maximum Gasteiger partial charge on any atom is 0.158 e. The normalized spacial score (nSPS) is 11.3. The van der Waals surface area contributed by atoms with Crippen molar-refractivity contribution in [3.8, 4) is 11.5 Å². The second kappa shape index (κ2) is 3.66. The quantitative estimate of drug-likeness (QED) is 0.809. The highest BCUT2D eigenvalue weighted by molar-refractivity contribution is 5.70. The van der Waals surface area contributed by atoms with Gasteiger partial charge in [-0.1, -0.05) is 13.8 Å². The molecule has 0 radical (unpaired) electrons. The predicted molar refractivity (Wildman–Crippen MR) is 64.0 cm³/mol. The van der Waals surface area contributed by atoms with Crippen molar-refractivity contribution < 1.29 is 0 Å². The fourth-order valence-corrected chi connectivity index (χ4v) is 1.70. The Balaban J connectivity index is 2.50. The van der Waals surface area contributed by atoms with E-state index in [0.717, 1.165) is 22.9 Å². The minimum absolute atomic E-state index is 0.428. The minimum atomic E-state index is 0.428. The smallest absolute Gasteiger partial charge is 0.158 e. The van der Waals surface area contributed by atoms with Crippen LogP contribution in [0.2, 0.25) is 0 Å². The Kier molecular flexibility index (Phi) is 2.46. The molecule has 0 amide bonds. The Morgan fingerprint density at radius 1 is 1.44 bits per heavy atom. The third-order valence-corrected chi connectivity index (χ3v) is 2.71. The number of anilines is 1. The number of nitrogens with two attached hydrogens (primary N) is 1. The van der Waals surface area contributed by atoms with E-state index in [1.807, 2.05) is 20.2 Å². The number of aryl methyl sites for hydroxylation is 2. The zero-order chi connectivity index (χ0) is 11.9. The maximum atomic E-state index is 5.98. The molecule has 0 saturated carbocycles. The van der Waals surface area contributed by atoms with Crippen molar-refractivity contribution >= 4 is 5.69 Å². The summed E-state index contributed by atoms with van der Waals surface area (Å²) in [4.78, 5) is 7.62. The standard InChI is InChI=1S/C11H17N5/c1-6(2)8-5-13-11(14-8)10-9(12)7(3)15-16(10)4/h5-6H,12H2,1-4H3,(H,13,14). The molecule has 0 saturated heterocycles. The lowest BCUT2D eigenvalue weighted by Crippen LogP contribution is -1.97. The molecule has 0 aliphatic carbocycles. The van der Waals surface area contributed by atoms with E-state index in [2.05, 4.69) is 28.9 Å². The summed E-state index contributed by atoms with van der Waals surface area (Å²) >= 11 is 0. The van der Waals surface area contributed by atoms with Crippen molar-refractivity contribution in [2.24, 2.45) is 7.05 Å². The van der Waals surface area contributed by atoms with Gasteiger partial charge in [0, 0.05) is 18.9 Å². The van der Waals surface area contributed by atoms with Crippen molar-refractivity contribution in [1.82, 2.24) is 19.7 Å². The van der Waals surface area contributed by atoms with Crippen LogP contribution < -0.4 is 5.73 Å². The Morgan fingerprint density at radius 3 is 2.56 bits per heavy atom. The molecule has 0 aliphatic heterocycles. The van der Waals surface area contributed by atoms with Gasteiger partial charge in [0.2, 0.25) is 0 Å². The number of hydrogen-bond donors (Lipinski definition) is 2. The molecule has 2 aromatic heterocycles. The van der Waals surface area contributed by atoms with Crippen LogP contribution in [0.3, 0.4) is 0 Å². The Hall–Kier alpha value is -1.78. The van der Waals surface area contributed by atoms with E-state index in [-0.39, 0.29) is 0 Å². The largest absolute Gasteiger partial charge is 0.395 e. The van der Waals surface area contributed by atoms with Crippen LogP contribution in [0.4, 0.5) is 5.69 Å². The highest BCUT2D eigenvalue weighted by Gasteiger charge is 2.15. The fraction of sp³-hybridized carbons (Fsp3) is 0.455. The van der Waals surface area contributed by atoms with Crippen LogP contribution in [0.15, 0.2) is 6.20 Å². The number of nitrogens with zero attached hydrogens (tertiary/aromatic N) is 3. The molecule has 0 atom stereocenters. The van der Waals surface area contributed by atoms with Crippen molar-refractivity contribution in [3.05, 3.63) is 17.6 Å². The Bertz CT molecular complexity index is 506. The molecule has 0 spiro atoms. The molecule has 2 rings (SSSR count). The predicted octanol–water partition coefficient (Wildman–Crippen LogP) is 1.82. The molecule has 2 heterocycles. The van der Waals surface area contributed by atoms with Gasteiger partial charge in [-0.2, -0.15) is 5.10 Å². The molecule has 86 valence electrons. The van der Waals surface area contributed by atoms with Gasteiger partial charge in [0.1, 0.15) is 5.69 Å². The van der Waals surface area contributed by atoms with Crippen LogP contribution in [0.25, 0.3) is 11.5 Å². The topological polar surface area (TPSA) is 72.5 Å². The third kappa shape index (κ3) is 1.58. The number of nitrogens with one attached hydrogen (secondary N) is 1. The summed E-state index contributed by atoms with van der Waals surface area (Å²) in [5.74, 6) is 1.21. The summed E-state index contributed by atoms with van der Waals surface area (Å²) in [5.41, 5.74) is 9.45. The lowest BCUT2D eigenvalue weighted by atomic mass is 10.2. The number of rotatable bonds is 2. The molecule has 3 N–H and O–H groups in total. The van der Waals surface area contributed by atoms with E-state index < -0.39 is 0 Å². The molecule has 0 bridgehead atoms. The van der Waals surface area contributed by atoms with E-state index in [1.54, 1.807) is 4.68 Å². The Labute approximate surface area is 94.7 Å². The first-order valence-electron chi connectivity index (χ1n) is 5.35. The van der Waals surface area contributed by atoms with E-state index in [9.17, 15) is 0 Å². The first-order valence-corrected chi connectivity index (χ1v) is 5.35. The molecule has 0 unspecified atom stereocenters. The van der Waals surface area contributed by atoms with Gasteiger partial charge in [-0.3, -0.25) is 4.68 Å². The molecule has 0 aromatic carbocycles. The molecule has 0 aliphatic rings. The average Bonchev–Trinajstić information content (AvgIpc) is 2.74. The fourth-order valence-electron chi connectivity index (χ4n) is 1.70. The summed E-state index contributed by atoms with van der Waals surface area (Å²) in [6.45, 7) is 6.13. The van der Waals surface area contributed by atoms with Crippen LogP contribution in [0.5, 0.6) is 0 Å². The van der Waals surface area contributed by atoms with E-state index in [0.29, 0.717) is 11.6 Å². The molecular weight excluding hydrogens is 202 g/mol. The van der Waals surface area contributed by atoms with Crippen molar-refractivity contribution in [2.45, 2.75) is 26.7 Å². The number of imidazole rings is 1. The number of nitrogen functional groups attached to an aromatic ring is 1. The lowest BCUT2D eigenvalue weighted by Gasteiger charge is -2.01. The summed E-state index contributed by atoms with van der Waals surface area (Å²) in [5, 5.41) is 4.27. The second-order valence-corrected chi connectivity index (χ2v) is 4.31. The van der Waals surface area contributed by atoms with E-state index in [4.69, 9.17) is 5.73 Å². The van der Waals surface area contributed by atoms with Crippen molar-refractivity contribution in [2.75, 3.05) is 5.73 Å². The molecule has 16 heavy (non-hydrogen) atoms. The average molecular weight is 219 g/mol. The molecule has 0 fully saturated rings. The van der Waals surface area contributed by atoms with Gasteiger partial charge in [0.05, 0.1) is 11.4 Å². The third-order valence-electron chi connectivity index (χ3n) is 2.71. The summed E-state index contributed by atoms with van der Waals surface area (Å²) in [7, 11) is 1.87. The van der Waals surface area contributed by atoms with E-state index >= 15 is 0 Å². The van der Waals surface area contributed by atoms with Gasteiger partial charge in [0.25, 0.3) is 0 Å². The van der Waals surface area contributed by atoms with E-state index in [1.165, 1.54) is 0 Å². The molecular formula is C11H17N5. The molecule has 5 heteroatoms. The van der Waals surface area contributed by atoms with Crippen LogP contribution >= 0.6 is 0 Å². The van der Waals surface area contributed by atoms with Crippen molar-refractivity contribution in [1.29, 1.82) is 0 Å². The number of hydrogen-bond acceptors (Lipinski definition) is 3. The molecule has 5 nitrogen and oxygen atoms in total. The second-order valence-electron chi connectivity index (χ2n) is 4.31. The van der Waals surface area contributed by atoms with Crippen molar-refractivity contribution in [3.63, 3.8) is 0 Å². The highest BCUT2D eigenvalue weighted by atomic mass is 15.3. The van der Waals surface area contributed by atoms with Gasteiger partial charge in [-0.15, -0.1) is 0 Å². The van der Waals surface area contributed by atoms with Gasteiger partial charge in [-0.05, 0) is 12.8 Å². The summed E-state index contributed by atoms with van der Waals surface area (Å²) < 4.78 is 1.76. The zero-order valence-corrected chi connectivity index (χ0v) is 10.1. The summed E-state index contributed by atoms with van der Waals surface area (Å²) in [6.07, 6.45) is 1.85. The van der Waals surface area contributed by atoms with Crippen LogP contribution in [0, 0.1) is 6.92 Å². The first-order chi connectivity index (χ1) is 7.50. The van der Waals surface area contributed by atoms with Gasteiger partial charge in [-0.25, -0.2) is 4.98 Å². The monoisotopic (exact) mass is 219 g/mol.